The van der Waals surface area contributed by atoms with Crippen LogP contribution in [0.4, 0.5) is 5.69 Å². The number of benzene rings is 1. The molecule has 0 bridgehead atoms. The van der Waals surface area contributed by atoms with Gasteiger partial charge in [0.15, 0.2) is 0 Å². The molecule has 1 rings (SSSR count). The third kappa shape index (κ3) is 1.99. The summed E-state index contributed by atoms with van der Waals surface area (Å²) < 4.78 is 0. The predicted octanol–water partition coefficient (Wildman–Crippen LogP) is 3.06. The second-order valence-electron chi connectivity index (χ2n) is 3.46. The maximum Gasteiger partial charge on any atom is 0.0390 e. The summed E-state index contributed by atoms with van der Waals surface area (Å²) in [5.74, 6) is 1.01. The van der Waals surface area contributed by atoms with E-state index in [1.807, 2.05) is 11.8 Å². The van der Waals surface area contributed by atoms with Crippen LogP contribution in [0.2, 0.25) is 0 Å². The molecule has 1 aromatic rings. The number of aryl methyl sites for hydroxylation is 2. The number of thioether (sulfide) groups is 1. The molecule has 0 heterocycles. The zero-order valence-electron chi connectivity index (χ0n) is 8.77. The van der Waals surface area contributed by atoms with Gasteiger partial charge < -0.3 is 5.73 Å². The summed E-state index contributed by atoms with van der Waals surface area (Å²) in [7, 11) is 0. The van der Waals surface area contributed by atoms with Crippen LogP contribution >= 0.6 is 11.8 Å². The molecule has 72 valence electrons. The predicted molar refractivity (Wildman–Crippen MR) is 62.3 cm³/mol. The highest BCUT2D eigenvalue weighted by atomic mass is 32.2. The molecule has 1 aromatic carbocycles. The first-order valence-electron chi connectivity index (χ1n) is 4.42. The van der Waals surface area contributed by atoms with E-state index in [1.54, 1.807) is 0 Å². The molecule has 0 fully saturated rings. The maximum atomic E-state index is 6.06. The minimum atomic E-state index is 0.979. The van der Waals surface area contributed by atoms with E-state index in [9.17, 15) is 0 Å². The lowest BCUT2D eigenvalue weighted by Crippen LogP contribution is -2.01. The second kappa shape index (κ2) is 4.05. The van der Waals surface area contributed by atoms with Crippen LogP contribution in [0, 0.1) is 20.8 Å². The van der Waals surface area contributed by atoms with Crippen molar-refractivity contribution >= 4 is 17.4 Å². The van der Waals surface area contributed by atoms with Gasteiger partial charge in [-0.1, -0.05) is 6.07 Å². The molecule has 0 unspecified atom stereocenters. The van der Waals surface area contributed by atoms with Crippen molar-refractivity contribution in [3.8, 4) is 0 Å². The summed E-state index contributed by atoms with van der Waals surface area (Å²) in [6, 6.07) is 2.22. The zero-order valence-corrected chi connectivity index (χ0v) is 9.59. The summed E-state index contributed by atoms with van der Waals surface area (Å²) in [6.45, 7) is 6.34. The molecule has 13 heavy (non-hydrogen) atoms. The third-order valence-electron chi connectivity index (χ3n) is 2.52. The lowest BCUT2D eigenvalue weighted by molar-refractivity contribution is 1.23. The molecule has 0 atom stereocenters. The average molecular weight is 195 g/mol. The zero-order chi connectivity index (χ0) is 10.0. The number of anilines is 1. The van der Waals surface area contributed by atoms with Crippen molar-refractivity contribution in [2.24, 2.45) is 0 Å². The minimum Gasteiger partial charge on any atom is -0.398 e. The topological polar surface area (TPSA) is 26.0 Å². The molecule has 0 aliphatic rings. The van der Waals surface area contributed by atoms with Gasteiger partial charge in [0.2, 0.25) is 0 Å². The number of nitrogen functional groups attached to an aromatic ring is 1. The molecule has 0 radical (unpaired) electrons. The highest BCUT2D eigenvalue weighted by Crippen LogP contribution is 2.27. The van der Waals surface area contributed by atoms with E-state index < -0.39 is 0 Å². The summed E-state index contributed by atoms with van der Waals surface area (Å²) >= 11 is 1.82. The van der Waals surface area contributed by atoms with Crippen LogP contribution in [0.5, 0.6) is 0 Å². The third-order valence-corrected chi connectivity index (χ3v) is 3.10. The van der Waals surface area contributed by atoms with Crippen LogP contribution in [0.15, 0.2) is 6.07 Å². The Morgan fingerprint density at radius 1 is 1.23 bits per heavy atom. The molecule has 2 N–H and O–H groups in total. The van der Waals surface area contributed by atoms with Gasteiger partial charge in [-0.15, -0.1) is 0 Å². The molecular formula is C11H17NS. The molecular weight excluding hydrogens is 178 g/mol. The Balaban J connectivity index is 3.26. The first kappa shape index (κ1) is 10.5. The van der Waals surface area contributed by atoms with Gasteiger partial charge in [-0.3, -0.25) is 0 Å². The lowest BCUT2D eigenvalue weighted by atomic mass is 9.99. The Bertz CT molecular complexity index is 318. The highest BCUT2D eigenvalue weighted by molar-refractivity contribution is 7.97. The molecule has 1 nitrogen and oxygen atoms in total. The van der Waals surface area contributed by atoms with Gasteiger partial charge in [0.25, 0.3) is 0 Å². The standard InChI is InChI=1S/C11H17NS/c1-7-5-8(2)10(6-13-4)11(12)9(7)3/h5H,6,12H2,1-4H3. The van der Waals surface area contributed by atoms with Crippen molar-refractivity contribution < 1.29 is 0 Å². The van der Waals surface area contributed by atoms with Crippen molar-refractivity contribution in [1.82, 2.24) is 0 Å². The van der Waals surface area contributed by atoms with E-state index in [0.29, 0.717) is 0 Å². The SMILES string of the molecule is CSCc1c(C)cc(C)c(C)c1N. The molecule has 0 amide bonds. The van der Waals surface area contributed by atoms with Crippen molar-refractivity contribution in [1.29, 1.82) is 0 Å². The van der Waals surface area contributed by atoms with Crippen LogP contribution in [-0.4, -0.2) is 6.26 Å². The fraction of sp³-hybridized carbons (Fsp3) is 0.455. The van der Waals surface area contributed by atoms with Gasteiger partial charge in [0, 0.05) is 11.4 Å². The molecule has 0 aliphatic carbocycles. The van der Waals surface area contributed by atoms with E-state index in [0.717, 1.165) is 11.4 Å². The minimum absolute atomic E-state index is 0.979. The summed E-state index contributed by atoms with van der Waals surface area (Å²) in [5.41, 5.74) is 12.2. The Kier molecular flexibility index (Phi) is 3.26. The van der Waals surface area contributed by atoms with E-state index in [1.165, 1.54) is 22.3 Å². The van der Waals surface area contributed by atoms with Gasteiger partial charge >= 0.3 is 0 Å². The van der Waals surface area contributed by atoms with Crippen molar-refractivity contribution in [3.05, 3.63) is 28.3 Å². The molecule has 0 saturated carbocycles. The lowest BCUT2D eigenvalue weighted by Gasteiger charge is -2.13. The molecule has 0 spiro atoms. The Morgan fingerprint density at radius 2 is 1.85 bits per heavy atom. The summed E-state index contributed by atoms with van der Waals surface area (Å²) in [5, 5.41) is 0. The van der Waals surface area contributed by atoms with Crippen LogP contribution in [0.1, 0.15) is 22.3 Å². The number of rotatable bonds is 2. The van der Waals surface area contributed by atoms with Crippen molar-refractivity contribution in [3.63, 3.8) is 0 Å². The molecule has 2 heteroatoms. The second-order valence-corrected chi connectivity index (χ2v) is 4.33. The van der Waals surface area contributed by atoms with Crippen molar-refractivity contribution in [2.75, 3.05) is 12.0 Å². The number of hydrogen-bond donors (Lipinski definition) is 1. The van der Waals surface area contributed by atoms with Gasteiger partial charge in [-0.25, -0.2) is 0 Å². The van der Waals surface area contributed by atoms with E-state index >= 15 is 0 Å². The molecule has 0 aliphatic heterocycles. The fourth-order valence-corrected chi connectivity index (χ4v) is 2.18. The Morgan fingerprint density at radius 3 is 2.38 bits per heavy atom. The highest BCUT2D eigenvalue weighted by Gasteiger charge is 2.07. The Labute approximate surface area is 84.7 Å². The van der Waals surface area contributed by atoms with Gasteiger partial charge in [-0.2, -0.15) is 11.8 Å². The smallest absolute Gasteiger partial charge is 0.0390 e. The van der Waals surface area contributed by atoms with Crippen molar-refractivity contribution in [2.45, 2.75) is 26.5 Å². The number of nitrogens with two attached hydrogens (primary N) is 1. The monoisotopic (exact) mass is 195 g/mol. The Hall–Kier alpha value is -0.630. The summed E-state index contributed by atoms with van der Waals surface area (Å²) in [6.07, 6.45) is 2.11. The fourth-order valence-electron chi connectivity index (χ4n) is 1.51. The largest absolute Gasteiger partial charge is 0.398 e. The maximum absolute atomic E-state index is 6.06. The first-order valence-corrected chi connectivity index (χ1v) is 5.81. The number of hydrogen-bond acceptors (Lipinski definition) is 2. The van der Waals surface area contributed by atoms with Gasteiger partial charge in [-0.05, 0) is 49.3 Å². The first-order chi connectivity index (χ1) is 6.07. The van der Waals surface area contributed by atoms with Crippen LogP contribution in [0.25, 0.3) is 0 Å². The van der Waals surface area contributed by atoms with E-state index in [-0.39, 0.29) is 0 Å². The van der Waals surface area contributed by atoms with Crippen LogP contribution in [0.3, 0.4) is 0 Å². The summed E-state index contributed by atoms with van der Waals surface area (Å²) in [4.78, 5) is 0. The van der Waals surface area contributed by atoms with Crippen LogP contribution < -0.4 is 5.73 Å². The normalized spacial score (nSPS) is 10.5. The van der Waals surface area contributed by atoms with Gasteiger partial charge in [0.05, 0.1) is 0 Å². The molecule has 0 saturated heterocycles. The average Bonchev–Trinajstić information content (AvgIpc) is 2.09. The quantitative estimate of drug-likeness (QED) is 0.734. The van der Waals surface area contributed by atoms with E-state index in [4.69, 9.17) is 5.73 Å². The van der Waals surface area contributed by atoms with Gasteiger partial charge in [0.1, 0.15) is 0 Å². The van der Waals surface area contributed by atoms with Crippen LogP contribution in [-0.2, 0) is 5.75 Å². The van der Waals surface area contributed by atoms with E-state index in [2.05, 4.69) is 33.1 Å². The molecule has 0 aromatic heterocycles.